The highest BCUT2D eigenvalue weighted by Gasteiger charge is 2.15. The molecule has 0 aliphatic carbocycles. The molecule has 4 heteroatoms. The van der Waals surface area contributed by atoms with E-state index in [2.05, 4.69) is 4.98 Å². The normalized spacial score (nSPS) is 10.7. The van der Waals surface area contributed by atoms with Crippen LogP contribution in [0.15, 0.2) is 54.7 Å². The second-order valence-corrected chi connectivity index (χ2v) is 4.36. The zero-order valence-corrected chi connectivity index (χ0v) is 10.3. The second kappa shape index (κ2) is 4.81. The van der Waals surface area contributed by atoms with Crippen molar-refractivity contribution >= 4 is 16.7 Å². The molecule has 0 spiro atoms. The fourth-order valence-corrected chi connectivity index (χ4v) is 2.04. The molecule has 0 N–H and O–H groups in total. The quantitative estimate of drug-likeness (QED) is 0.663. The molecule has 0 bridgehead atoms. The number of hydrogen-bond donors (Lipinski definition) is 0. The van der Waals surface area contributed by atoms with Crippen LogP contribution in [0.4, 0.5) is 8.78 Å². The molecule has 0 saturated carbocycles. The van der Waals surface area contributed by atoms with Crippen LogP contribution in [-0.4, -0.2) is 10.8 Å². The van der Waals surface area contributed by atoms with Crippen LogP contribution in [0.5, 0.6) is 0 Å². The third kappa shape index (κ3) is 2.16. The number of carbonyl (C=O) groups is 1. The number of aromatic nitrogens is 1. The van der Waals surface area contributed by atoms with E-state index < -0.39 is 17.4 Å². The molecule has 98 valence electrons. The predicted octanol–water partition coefficient (Wildman–Crippen LogP) is 3.74. The number of fused-ring (bicyclic) bond motifs is 1. The molecule has 0 aliphatic heterocycles. The Labute approximate surface area is 113 Å². The SMILES string of the molecule is O=C(c1ccc2cccnc2c1)c1ccc(F)cc1F. The number of carbonyl (C=O) groups excluding carboxylic acids is 1. The van der Waals surface area contributed by atoms with Crippen LogP contribution in [0.1, 0.15) is 15.9 Å². The summed E-state index contributed by atoms with van der Waals surface area (Å²) in [4.78, 5) is 16.4. The second-order valence-electron chi connectivity index (χ2n) is 4.36. The lowest BCUT2D eigenvalue weighted by molar-refractivity contribution is 0.103. The summed E-state index contributed by atoms with van der Waals surface area (Å²) >= 11 is 0. The molecule has 2 nitrogen and oxygen atoms in total. The lowest BCUT2D eigenvalue weighted by Gasteiger charge is -2.04. The van der Waals surface area contributed by atoms with Crippen LogP contribution in [0.25, 0.3) is 10.9 Å². The maximum Gasteiger partial charge on any atom is 0.196 e. The molecular formula is C16H9F2NO. The molecule has 0 aliphatic rings. The Morgan fingerprint density at radius 3 is 2.65 bits per heavy atom. The first-order chi connectivity index (χ1) is 9.65. The Morgan fingerprint density at radius 1 is 1.00 bits per heavy atom. The van der Waals surface area contributed by atoms with Gasteiger partial charge in [-0.2, -0.15) is 0 Å². The molecule has 1 aromatic heterocycles. The molecule has 1 heterocycles. The van der Waals surface area contributed by atoms with E-state index in [1.807, 2.05) is 6.07 Å². The topological polar surface area (TPSA) is 30.0 Å². The molecule has 3 aromatic rings. The van der Waals surface area contributed by atoms with E-state index >= 15 is 0 Å². The molecule has 0 saturated heterocycles. The summed E-state index contributed by atoms with van der Waals surface area (Å²) in [5.41, 5.74) is 0.823. The van der Waals surface area contributed by atoms with Gasteiger partial charge in [0.2, 0.25) is 0 Å². The van der Waals surface area contributed by atoms with E-state index in [-0.39, 0.29) is 5.56 Å². The van der Waals surface area contributed by atoms with E-state index in [4.69, 9.17) is 0 Å². The van der Waals surface area contributed by atoms with Crippen LogP contribution in [0.3, 0.4) is 0 Å². The average Bonchev–Trinajstić information content (AvgIpc) is 2.46. The number of nitrogens with zero attached hydrogens (tertiary/aromatic N) is 1. The standard InChI is InChI=1S/C16H9F2NO/c17-12-5-6-13(14(18)9-12)16(20)11-4-3-10-2-1-7-19-15(10)8-11/h1-9H. The van der Waals surface area contributed by atoms with Gasteiger partial charge in [0.15, 0.2) is 5.78 Å². The van der Waals surface area contributed by atoms with Gasteiger partial charge in [0.25, 0.3) is 0 Å². The minimum atomic E-state index is -0.865. The largest absolute Gasteiger partial charge is 0.288 e. The summed E-state index contributed by atoms with van der Waals surface area (Å²) in [6.45, 7) is 0. The van der Waals surface area contributed by atoms with Gasteiger partial charge in [-0.25, -0.2) is 8.78 Å². The van der Waals surface area contributed by atoms with E-state index in [0.29, 0.717) is 17.1 Å². The highest BCUT2D eigenvalue weighted by molar-refractivity contribution is 6.10. The van der Waals surface area contributed by atoms with Crippen LogP contribution in [0.2, 0.25) is 0 Å². The molecule has 0 fully saturated rings. The molecule has 0 amide bonds. The average molecular weight is 269 g/mol. The van der Waals surface area contributed by atoms with Gasteiger partial charge >= 0.3 is 0 Å². The first-order valence-electron chi connectivity index (χ1n) is 6.00. The van der Waals surface area contributed by atoms with Crippen molar-refractivity contribution in [2.45, 2.75) is 0 Å². The Bertz CT molecular complexity index is 814. The smallest absolute Gasteiger partial charge is 0.196 e. The lowest BCUT2D eigenvalue weighted by atomic mass is 10.0. The summed E-state index contributed by atoms with van der Waals surface area (Å²) in [6.07, 6.45) is 1.62. The van der Waals surface area contributed by atoms with Crippen molar-refractivity contribution < 1.29 is 13.6 Å². The van der Waals surface area contributed by atoms with Gasteiger partial charge in [-0.1, -0.05) is 18.2 Å². The van der Waals surface area contributed by atoms with Gasteiger partial charge in [-0.05, 0) is 24.3 Å². The highest BCUT2D eigenvalue weighted by Crippen LogP contribution is 2.18. The predicted molar refractivity (Wildman–Crippen MR) is 71.5 cm³/mol. The zero-order valence-electron chi connectivity index (χ0n) is 10.3. The fraction of sp³-hybridized carbons (Fsp3) is 0. The van der Waals surface area contributed by atoms with Crippen molar-refractivity contribution in [3.63, 3.8) is 0 Å². The first-order valence-corrected chi connectivity index (χ1v) is 6.00. The van der Waals surface area contributed by atoms with Gasteiger partial charge in [0, 0.05) is 23.2 Å². The molecule has 2 aromatic carbocycles. The zero-order chi connectivity index (χ0) is 14.1. The van der Waals surface area contributed by atoms with Crippen LogP contribution in [-0.2, 0) is 0 Å². The Morgan fingerprint density at radius 2 is 1.85 bits per heavy atom. The van der Waals surface area contributed by atoms with Crippen molar-refractivity contribution in [3.05, 3.63) is 77.5 Å². The van der Waals surface area contributed by atoms with E-state index in [1.54, 1.807) is 30.5 Å². The van der Waals surface area contributed by atoms with Crippen molar-refractivity contribution in [2.24, 2.45) is 0 Å². The molecule has 0 unspecified atom stereocenters. The number of benzene rings is 2. The number of pyridine rings is 1. The van der Waals surface area contributed by atoms with Gasteiger partial charge in [-0.3, -0.25) is 9.78 Å². The van der Waals surface area contributed by atoms with Gasteiger partial charge < -0.3 is 0 Å². The van der Waals surface area contributed by atoms with Gasteiger partial charge in [0.1, 0.15) is 11.6 Å². The Kier molecular flexibility index (Phi) is 2.99. The highest BCUT2D eigenvalue weighted by atomic mass is 19.1. The Hall–Kier alpha value is -2.62. The minimum absolute atomic E-state index is 0.151. The van der Waals surface area contributed by atoms with E-state index in [0.717, 1.165) is 17.5 Å². The monoisotopic (exact) mass is 269 g/mol. The number of rotatable bonds is 2. The maximum absolute atomic E-state index is 13.6. The molecule has 20 heavy (non-hydrogen) atoms. The minimum Gasteiger partial charge on any atom is -0.288 e. The summed E-state index contributed by atoms with van der Waals surface area (Å²) in [7, 11) is 0. The van der Waals surface area contributed by atoms with E-state index in [1.165, 1.54) is 0 Å². The van der Waals surface area contributed by atoms with Crippen LogP contribution < -0.4 is 0 Å². The summed E-state index contributed by atoms with van der Waals surface area (Å²) in [6, 6.07) is 11.5. The van der Waals surface area contributed by atoms with Crippen molar-refractivity contribution in [1.29, 1.82) is 0 Å². The number of hydrogen-bond acceptors (Lipinski definition) is 2. The fourth-order valence-electron chi connectivity index (χ4n) is 2.04. The van der Waals surface area contributed by atoms with Crippen molar-refractivity contribution in [1.82, 2.24) is 4.98 Å². The number of halogens is 2. The number of ketones is 1. The summed E-state index contributed by atoms with van der Waals surface area (Å²) in [5, 5.41) is 0.892. The lowest BCUT2D eigenvalue weighted by Crippen LogP contribution is -2.04. The third-order valence-corrected chi connectivity index (χ3v) is 3.04. The molecular weight excluding hydrogens is 260 g/mol. The van der Waals surface area contributed by atoms with Crippen LogP contribution >= 0.6 is 0 Å². The molecule has 0 radical (unpaired) electrons. The summed E-state index contributed by atoms with van der Waals surface area (Å²) < 4.78 is 26.5. The molecule has 3 rings (SSSR count). The van der Waals surface area contributed by atoms with Crippen molar-refractivity contribution in [2.75, 3.05) is 0 Å². The van der Waals surface area contributed by atoms with Gasteiger partial charge in [-0.15, -0.1) is 0 Å². The van der Waals surface area contributed by atoms with E-state index in [9.17, 15) is 13.6 Å². The Balaban J connectivity index is 2.08. The maximum atomic E-state index is 13.6. The van der Waals surface area contributed by atoms with Crippen LogP contribution in [0, 0.1) is 11.6 Å². The first kappa shape index (κ1) is 12.4. The molecule has 0 atom stereocenters. The third-order valence-electron chi connectivity index (χ3n) is 3.04. The van der Waals surface area contributed by atoms with Crippen molar-refractivity contribution in [3.8, 4) is 0 Å². The van der Waals surface area contributed by atoms with Gasteiger partial charge in [0.05, 0.1) is 11.1 Å². The summed E-state index contributed by atoms with van der Waals surface area (Å²) in [5.74, 6) is -2.06.